The van der Waals surface area contributed by atoms with E-state index in [2.05, 4.69) is 48.2 Å². The van der Waals surface area contributed by atoms with Crippen LogP contribution in [0.25, 0.3) is 10.9 Å². The molecule has 4 aromatic rings. The average molecular weight is 340 g/mol. The highest BCUT2D eigenvalue weighted by molar-refractivity contribution is 7.98. The Labute approximate surface area is 140 Å². The van der Waals surface area contributed by atoms with Crippen molar-refractivity contribution in [3.63, 3.8) is 0 Å². The lowest BCUT2D eigenvalue weighted by atomic mass is 10.2. The summed E-state index contributed by atoms with van der Waals surface area (Å²) >= 11 is 3.37. The van der Waals surface area contributed by atoms with Crippen molar-refractivity contribution in [2.45, 2.75) is 10.8 Å². The van der Waals surface area contributed by atoms with Gasteiger partial charge in [0.1, 0.15) is 5.03 Å². The summed E-state index contributed by atoms with van der Waals surface area (Å²) in [6, 6.07) is 12.1. The number of para-hydroxylation sites is 1. The summed E-state index contributed by atoms with van der Waals surface area (Å²) in [7, 11) is 0. The summed E-state index contributed by atoms with van der Waals surface area (Å²) < 4.78 is 0. The first kappa shape index (κ1) is 14.2. The van der Waals surface area contributed by atoms with Crippen LogP contribution in [-0.4, -0.2) is 25.4 Å². The first-order chi connectivity index (χ1) is 11.4. The Morgan fingerprint density at radius 1 is 1.17 bits per heavy atom. The molecule has 0 saturated heterocycles. The van der Waals surface area contributed by atoms with E-state index in [0.29, 0.717) is 11.8 Å². The molecule has 0 bridgehead atoms. The number of fused-ring (bicyclic) bond motifs is 1. The van der Waals surface area contributed by atoms with E-state index in [1.54, 1.807) is 29.3 Å². The molecular formula is C15H12N6S2. The summed E-state index contributed by atoms with van der Waals surface area (Å²) in [6.45, 7) is 0. The molecule has 3 aromatic heterocycles. The SMILES string of the molecule is c1csc(CSc2cnnc(Nc3n[nH]c4ccccc34)n2)c1. The van der Waals surface area contributed by atoms with Crippen LogP contribution in [0.2, 0.25) is 0 Å². The molecule has 0 aliphatic heterocycles. The van der Waals surface area contributed by atoms with Gasteiger partial charge >= 0.3 is 0 Å². The molecule has 0 aliphatic carbocycles. The number of nitrogens with zero attached hydrogens (tertiary/aromatic N) is 4. The van der Waals surface area contributed by atoms with Gasteiger partial charge in [-0.25, -0.2) is 4.98 Å². The number of nitrogens with one attached hydrogen (secondary N) is 2. The smallest absolute Gasteiger partial charge is 0.249 e. The molecule has 6 nitrogen and oxygen atoms in total. The zero-order chi connectivity index (χ0) is 15.5. The van der Waals surface area contributed by atoms with Gasteiger partial charge < -0.3 is 5.32 Å². The number of hydrogen-bond acceptors (Lipinski definition) is 7. The lowest BCUT2D eigenvalue weighted by molar-refractivity contribution is 0.911. The normalized spacial score (nSPS) is 11.0. The van der Waals surface area contributed by atoms with Gasteiger partial charge in [-0.3, -0.25) is 5.10 Å². The topological polar surface area (TPSA) is 79.4 Å². The Hall–Kier alpha value is -2.45. The zero-order valence-corrected chi connectivity index (χ0v) is 13.6. The molecule has 2 N–H and O–H groups in total. The summed E-state index contributed by atoms with van der Waals surface area (Å²) in [5.74, 6) is 2.02. The highest BCUT2D eigenvalue weighted by Crippen LogP contribution is 2.25. The van der Waals surface area contributed by atoms with E-state index in [1.165, 1.54) is 4.88 Å². The summed E-state index contributed by atoms with van der Waals surface area (Å²) in [6.07, 6.45) is 1.67. The maximum Gasteiger partial charge on any atom is 0.249 e. The summed E-state index contributed by atoms with van der Waals surface area (Å²) in [5.41, 5.74) is 0.964. The van der Waals surface area contributed by atoms with Crippen LogP contribution in [0.15, 0.2) is 53.0 Å². The van der Waals surface area contributed by atoms with Crippen molar-refractivity contribution in [2.24, 2.45) is 0 Å². The predicted molar refractivity (Wildman–Crippen MR) is 93.1 cm³/mol. The molecule has 0 fully saturated rings. The summed E-state index contributed by atoms with van der Waals surface area (Å²) in [5, 5.41) is 22.3. The minimum absolute atomic E-state index is 0.443. The Balaban J connectivity index is 1.52. The van der Waals surface area contributed by atoms with Gasteiger partial charge in [-0.05, 0) is 23.6 Å². The van der Waals surface area contributed by atoms with Gasteiger partial charge in [0.05, 0.1) is 11.7 Å². The van der Waals surface area contributed by atoms with Crippen molar-refractivity contribution < 1.29 is 0 Å². The van der Waals surface area contributed by atoms with Gasteiger partial charge in [-0.1, -0.05) is 30.0 Å². The maximum absolute atomic E-state index is 4.48. The molecule has 0 saturated carbocycles. The van der Waals surface area contributed by atoms with Crippen LogP contribution in [-0.2, 0) is 5.75 Å². The first-order valence-corrected chi connectivity index (χ1v) is 8.80. The number of rotatable bonds is 5. The number of H-pyrrole nitrogens is 1. The Bertz CT molecular complexity index is 919. The molecule has 0 radical (unpaired) electrons. The van der Waals surface area contributed by atoms with E-state index in [0.717, 1.165) is 21.7 Å². The Morgan fingerprint density at radius 3 is 3.04 bits per heavy atom. The maximum atomic E-state index is 4.48. The second kappa shape index (κ2) is 6.35. The van der Waals surface area contributed by atoms with Crippen LogP contribution in [0, 0.1) is 0 Å². The molecular weight excluding hydrogens is 328 g/mol. The van der Waals surface area contributed by atoms with Crippen LogP contribution in [0.5, 0.6) is 0 Å². The van der Waals surface area contributed by atoms with E-state index in [-0.39, 0.29) is 0 Å². The van der Waals surface area contributed by atoms with Crippen molar-refractivity contribution in [1.82, 2.24) is 25.4 Å². The molecule has 1 aromatic carbocycles. The third kappa shape index (κ3) is 3.17. The molecule has 0 unspecified atom stereocenters. The van der Waals surface area contributed by atoms with Gasteiger partial charge in [0.25, 0.3) is 0 Å². The van der Waals surface area contributed by atoms with Crippen LogP contribution in [0.4, 0.5) is 11.8 Å². The van der Waals surface area contributed by atoms with Gasteiger partial charge in [-0.2, -0.15) is 10.2 Å². The minimum Gasteiger partial charge on any atom is -0.305 e. The molecule has 8 heteroatoms. The number of thiophene rings is 1. The third-order valence-electron chi connectivity index (χ3n) is 3.18. The van der Waals surface area contributed by atoms with E-state index in [4.69, 9.17) is 0 Å². The number of aromatic nitrogens is 5. The minimum atomic E-state index is 0.443. The molecule has 0 amide bonds. The molecule has 0 spiro atoms. The van der Waals surface area contributed by atoms with Gasteiger partial charge in [0, 0.05) is 16.0 Å². The van der Waals surface area contributed by atoms with Crippen molar-refractivity contribution in [1.29, 1.82) is 0 Å². The van der Waals surface area contributed by atoms with Crippen molar-refractivity contribution in [3.8, 4) is 0 Å². The van der Waals surface area contributed by atoms with Crippen LogP contribution < -0.4 is 5.32 Å². The molecule has 4 rings (SSSR count). The second-order valence-electron chi connectivity index (χ2n) is 4.73. The fraction of sp³-hybridized carbons (Fsp3) is 0.0667. The lowest BCUT2D eigenvalue weighted by Gasteiger charge is -2.03. The van der Waals surface area contributed by atoms with Crippen LogP contribution in [0.3, 0.4) is 0 Å². The monoisotopic (exact) mass is 340 g/mol. The highest BCUT2D eigenvalue weighted by Gasteiger charge is 2.08. The molecule has 0 aliphatic rings. The van der Waals surface area contributed by atoms with Crippen molar-refractivity contribution in [2.75, 3.05) is 5.32 Å². The number of anilines is 2. The van der Waals surface area contributed by atoms with Crippen LogP contribution in [0.1, 0.15) is 4.88 Å². The van der Waals surface area contributed by atoms with Crippen LogP contribution >= 0.6 is 23.1 Å². The number of thioether (sulfide) groups is 1. The molecule has 23 heavy (non-hydrogen) atoms. The largest absolute Gasteiger partial charge is 0.305 e. The van der Waals surface area contributed by atoms with E-state index < -0.39 is 0 Å². The lowest BCUT2D eigenvalue weighted by Crippen LogP contribution is -2.00. The van der Waals surface area contributed by atoms with E-state index >= 15 is 0 Å². The zero-order valence-electron chi connectivity index (χ0n) is 11.9. The molecule has 114 valence electrons. The average Bonchev–Trinajstić information content (AvgIpc) is 3.24. The summed E-state index contributed by atoms with van der Waals surface area (Å²) in [4.78, 5) is 5.79. The predicted octanol–water partition coefficient (Wildman–Crippen LogP) is 3.85. The molecule has 0 atom stereocenters. The third-order valence-corrected chi connectivity index (χ3v) is 5.19. The quantitative estimate of drug-likeness (QED) is 0.537. The van der Waals surface area contributed by atoms with E-state index in [1.807, 2.05) is 24.3 Å². The fourth-order valence-electron chi connectivity index (χ4n) is 2.12. The van der Waals surface area contributed by atoms with Crippen molar-refractivity contribution >= 4 is 45.8 Å². The van der Waals surface area contributed by atoms with Gasteiger partial charge in [-0.15, -0.1) is 16.4 Å². The number of benzene rings is 1. The van der Waals surface area contributed by atoms with E-state index in [9.17, 15) is 0 Å². The first-order valence-electron chi connectivity index (χ1n) is 6.93. The Kier molecular flexibility index (Phi) is 3.91. The molecule has 3 heterocycles. The number of hydrogen-bond donors (Lipinski definition) is 2. The highest BCUT2D eigenvalue weighted by atomic mass is 32.2. The second-order valence-corrected chi connectivity index (χ2v) is 6.76. The van der Waals surface area contributed by atoms with Gasteiger partial charge in [0.2, 0.25) is 5.95 Å². The standard InChI is InChI=1S/C15H12N6S2/c1-2-6-12-11(5-1)14(20-19-12)18-15-17-13(8-16-21-15)23-9-10-4-3-7-22-10/h1-8H,9H2,(H2,17,18,19,20,21). The van der Waals surface area contributed by atoms with Gasteiger partial charge in [0.15, 0.2) is 5.82 Å². The number of aromatic amines is 1. The Morgan fingerprint density at radius 2 is 2.13 bits per heavy atom. The van der Waals surface area contributed by atoms with Crippen molar-refractivity contribution in [3.05, 3.63) is 52.9 Å². The fourth-order valence-corrected chi connectivity index (χ4v) is 3.71.